The highest BCUT2D eigenvalue weighted by Gasteiger charge is 2.08. The van der Waals surface area contributed by atoms with Gasteiger partial charge in [0.15, 0.2) is 0 Å². The van der Waals surface area contributed by atoms with Crippen molar-refractivity contribution in [2.24, 2.45) is 0 Å². The lowest BCUT2D eigenvalue weighted by atomic mass is 10.2. The van der Waals surface area contributed by atoms with E-state index in [1.54, 1.807) is 30.3 Å². The van der Waals surface area contributed by atoms with Gasteiger partial charge in [0.05, 0.1) is 10.6 Å². The molecule has 0 unspecified atom stereocenters. The first-order valence-corrected chi connectivity index (χ1v) is 6.19. The van der Waals surface area contributed by atoms with Gasteiger partial charge in [0, 0.05) is 4.47 Å². The maximum Gasteiger partial charge on any atom is 0.335 e. The molecule has 0 amide bonds. The van der Waals surface area contributed by atoms with E-state index < -0.39 is 5.97 Å². The molecule has 0 radical (unpaired) electrons. The van der Waals surface area contributed by atoms with Crippen molar-refractivity contribution in [3.05, 3.63) is 57.5 Å². The highest BCUT2D eigenvalue weighted by atomic mass is 79.9. The third-order valence-electron chi connectivity index (χ3n) is 2.18. The lowest BCUT2D eigenvalue weighted by Gasteiger charge is -2.08. The second-order valence-corrected chi connectivity index (χ2v) is 4.84. The summed E-state index contributed by atoms with van der Waals surface area (Å²) in [5.41, 5.74) is 0.145. The first-order chi connectivity index (χ1) is 8.56. The molecular weight excluding hydrogens is 319 g/mol. The molecule has 92 valence electrons. The van der Waals surface area contributed by atoms with Crippen LogP contribution in [0.4, 0.5) is 0 Å². The highest BCUT2D eigenvalue weighted by molar-refractivity contribution is 9.10. The van der Waals surface area contributed by atoms with Crippen molar-refractivity contribution >= 4 is 33.5 Å². The van der Waals surface area contributed by atoms with Crippen molar-refractivity contribution in [3.8, 4) is 11.5 Å². The zero-order valence-electron chi connectivity index (χ0n) is 9.06. The van der Waals surface area contributed by atoms with Crippen LogP contribution in [0.25, 0.3) is 0 Å². The van der Waals surface area contributed by atoms with Crippen molar-refractivity contribution < 1.29 is 14.6 Å². The topological polar surface area (TPSA) is 46.5 Å². The number of para-hydroxylation sites is 1. The van der Waals surface area contributed by atoms with Gasteiger partial charge >= 0.3 is 5.97 Å². The predicted octanol–water partition coefficient (Wildman–Crippen LogP) is 4.59. The fourth-order valence-electron chi connectivity index (χ4n) is 1.40. The van der Waals surface area contributed by atoms with Crippen molar-refractivity contribution in [3.63, 3.8) is 0 Å². The number of carbonyl (C=O) groups is 1. The summed E-state index contributed by atoms with van der Waals surface area (Å²) in [6.07, 6.45) is 0. The summed E-state index contributed by atoms with van der Waals surface area (Å²) in [5.74, 6) is -0.121. The van der Waals surface area contributed by atoms with E-state index in [1.165, 1.54) is 12.1 Å². The van der Waals surface area contributed by atoms with Crippen LogP contribution in [0.1, 0.15) is 10.4 Å². The molecule has 0 aliphatic rings. The van der Waals surface area contributed by atoms with Crippen molar-refractivity contribution in [2.45, 2.75) is 0 Å². The number of hydrogen-bond donors (Lipinski definition) is 1. The minimum atomic E-state index is -1.01. The SMILES string of the molecule is O=C(O)c1cc(Br)cc(Oc2ccccc2Cl)c1. The normalized spacial score (nSPS) is 10.1. The van der Waals surface area contributed by atoms with Gasteiger partial charge in [-0.05, 0) is 30.3 Å². The number of carboxylic acids is 1. The maximum atomic E-state index is 10.9. The smallest absolute Gasteiger partial charge is 0.335 e. The van der Waals surface area contributed by atoms with Gasteiger partial charge in [-0.3, -0.25) is 0 Å². The molecule has 0 saturated carbocycles. The monoisotopic (exact) mass is 326 g/mol. The third kappa shape index (κ3) is 3.03. The Morgan fingerprint density at radius 2 is 1.94 bits per heavy atom. The van der Waals surface area contributed by atoms with Crippen LogP contribution in [0.5, 0.6) is 11.5 Å². The van der Waals surface area contributed by atoms with Gasteiger partial charge in [-0.15, -0.1) is 0 Å². The Balaban J connectivity index is 2.35. The number of carboxylic acid groups (broad SMARTS) is 1. The Morgan fingerprint density at radius 3 is 2.61 bits per heavy atom. The minimum absolute atomic E-state index is 0.145. The van der Waals surface area contributed by atoms with E-state index in [0.29, 0.717) is 21.0 Å². The van der Waals surface area contributed by atoms with E-state index in [2.05, 4.69) is 15.9 Å². The first-order valence-electron chi connectivity index (χ1n) is 5.02. The van der Waals surface area contributed by atoms with Crippen molar-refractivity contribution in [1.29, 1.82) is 0 Å². The molecule has 3 nitrogen and oxygen atoms in total. The summed E-state index contributed by atoms with van der Waals surface area (Å²) in [4.78, 5) is 10.9. The molecule has 0 aliphatic heterocycles. The Morgan fingerprint density at radius 1 is 1.22 bits per heavy atom. The lowest BCUT2D eigenvalue weighted by Crippen LogP contribution is -1.97. The molecule has 0 bridgehead atoms. The zero-order valence-corrected chi connectivity index (χ0v) is 11.4. The summed E-state index contributed by atoms with van der Waals surface area (Å²) in [5, 5.41) is 9.42. The van der Waals surface area contributed by atoms with Crippen LogP contribution in [-0.4, -0.2) is 11.1 Å². The number of halogens is 2. The van der Waals surface area contributed by atoms with E-state index in [0.717, 1.165) is 0 Å². The van der Waals surface area contributed by atoms with Crippen molar-refractivity contribution in [2.75, 3.05) is 0 Å². The number of aromatic carboxylic acids is 1. The summed E-state index contributed by atoms with van der Waals surface area (Å²) in [6.45, 7) is 0. The first kappa shape index (κ1) is 12.9. The second kappa shape index (κ2) is 5.42. The van der Waals surface area contributed by atoms with Crippen LogP contribution >= 0.6 is 27.5 Å². The number of rotatable bonds is 3. The van der Waals surface area contributed by atoms with Gasteiger partial charge < -0.3 is 9.84 Å². The highest BCUT2D eigenvalue weighted by Crippen LogP contribution is 2.31. The van der Waals surface area contributed by atoms with Crippen LogP contribution in [0.3, 0.4) is 0 Å². The van der Waals surface area contributed by atoms with Crippen molar-refractivity contribution in [1.82, 2.24) is 0 Å². The molecule has 0 aromatic heterocycles. The average Bonchev–Trinajstić information content (AvgIpc) is 2.31. The van der Waals surface area contributed by atoms with Crippen LogP contribution < -0.4 is 4.74 Å². The van der Waals surface area contributed by atoms with E-state index in [1.807, 2.05) is 0 Å². The van der Waals surface area contributed by atoms with Crippen LogP contribution in [-0.2, 0) is 0 Å². The number of ether oxygens (including phenoxy) is 1. The Labute approximate surface area is 117 Å². The van der Waals surface area contributed by atoms with Gasteiger partial charge in [0.25, 0.3) is 0 Å². The fraction of sp³-hybridized carbons (Fsp3) is 0. The molecule has 1 N–H and O–H groups in total. The molecule has 0 spiro atoms. The lowest BCUT2D eigenvalue weighted by molar-refractivity contribution is 0.0696. The quantitative estimate of drug-likeness (QED) is 0.896. The molecule has 0 aliphatic carbocycles. The predicted molar refractivity (Wildman–Crippen MR) is 72.6 cm³/mol. The maximum absolute atomic E-state index is 10.9. The summed E-state index contributed by atoms with van der Waals surface area (Å²) in [7, 11) is 0. The fourth-order valence-corrected chi connectivity index (χ4v) is 2.05. The molecule has 0 heterocycles. The largest absolute Gasteiger partial charge is 0.478 e. The van der Waals surface area contributed by atoms with E-state index in [9.17, 15) is 4.79 Å². The van der Waals surface area contributed by atoms with E-state index >= 15 is 0 Å². The zero-order chi connectivity index (χ0) is 13.1. The van der Waals surface area contributed by atoms with Crippen LogP contribution in [0, 0.1) is 0 Å². The molecule has 0 saturated heterocycles. The average molecular weight is 328 g/mol. The molecule has 2 aromatic carbocycles. The standard InChI is InChI=1S/C13H8BrClO3/c14-9-5-8(13(16)17)6-10(7-9)18-12-4-2-1-3-11(12)15/h1-7H,(H,16,17). The third-order valence-corrected chi connectivity index (χ3v) is 2.95. The van der Waals surface area contributed by atoms with Gasteiger partial charge in [-0.25, -0.2) is 4.79 Å². The van der Waals surface area contributed by atoms with Gasteiger partial charge in [0.1, 0.15) is 11.5 Å². The molecule has 0 atom stereocenters. The van der Waals surface area contributed by atoms with Gasteiger partial charge in [-0.1, -0.05) is 39.7 Å². The molecule has 2 aromatic rings. The Hall–Kier alpha value is -1.52. The van der Waals surface area contributed by atoms with Gasteiger partial charge in [0.2, 0.25) is 0 Å². The second-order valence-electron chi connectivity index (χ2n) is 3.51. The van der Waals surface area contributed by atoms with E-state index in [-0.39, 0.29) is 5.56 Å². The summed E-state index contributed by atoms with van der Waals surface area (Å²) < 4.78 is 6.18. The van der Waals surface area contributed by atoms with Gasteiger partial charge in [-0.2, -0.15) is 0 Å². The molecule has 18 heavy (non-hydrogen) atoms. The van der Waals surface area contributed by atoms with Crippen LogP contribution in [0.2, 0.25) is 5.02 Å². The Bertz CT molecular complexity index is 599. The summed E-state index contributed by atoms with van der Waals surface area (Å²) in [6, 6.07) is 11.6. The minimum Gasteiger partial charge on any atom is -0.478 e. The summed E-state index contributed by atoms with van der Waals surface area (Å²) >= 11 is 9.20. The number of hydrogen-bond acceptors (Lipinski definition) is 2. The molecule has 0 fully saturated rings. The number of benzene rings is 2. The Kier molecular flexibility index (Phi) is 3.89. The molecular formula is C13H8BrClO3. The van der Waals surface area contributed by atoms with Crippen LogP contribution in [0.15, 0.2) is 46.9 Å². The van der Waals surface area contributed by atoms with E-state index in [4.69, 9.17) is 21.4 Å². The molecule has 2 rings (SSSR count). The molecule has 5 heteroatoms.